The van der Waals surface area contributed by atoms with Gasteiger partial charge in [0, 0.05) is 73.7 Å². The molecule has 4 nitrogen and oxygen atoms in total. The third kappa shape index (κ3) is 19.3. The van der Waals surface area contributed by atoms with Gasteiger partial charge >= 0.3 is 0 Å². The Labute approximate surface area is 508 Å². The van der Waals surface area contributed by atoms with Gasteiger partial charge in [0.15, 0.2) is 0 Å². The van der Waals surface area contributed by atoms with Gasteiger partial charge in [-0.25, -0.2) is 0 Å². The van der Waals surface area contributed by atoms with Crippen LogP contribution in [0, 0.1) is 13.8 Å². The van der Waals surface area contributed by atoms with Crippen molar-refractivity contribution in [3.8, 4) is 0 Å². The van der Waals surface area contributed by atoms with E-state index in [4.69, 9.17) is 0 Å². The molecule has 0 spiro atoms. The van der Waals surface area contributed by atoms with Gasteiger partial charge in [-0.3, -0.25) is 0 Å². The molecule has 0 heterocycles. The Hall–Kier alpha value is -6.39. The first-order valence-corrected chi connectivity index (χ1v) is 41.2. The first kappa shape index (κ1) is 65.8. The smallest absolute Gasteiger partial charge is 0.0775 e. The highest BCUT2D eigenvalue weighted by atomic mass is 28.3. The number of hydrogen-bond acceptors (Lipinski definition) is 4. The van der Waals surface area contributed by atoms with Gasteiger partial charge in [0.05, 0.1) is 24.2 Å². The molecule has 9 rings (SSSR count). The van der Waals surface area contributed by atoms with Crippen LogP contribution >= 0.6 is 0 Å². The van der Waals surface area contributed by atoms with Gasteiger partial charge in [0.2, 0.25) is 0 Å². The summed E-state index contributed by atoms with van der Waals surface area (Å²) in [6, 6.07) is 71.5. The van der Waals surface area contributed by atoms with Crippen molar-refractivity contribution in [1.82, 2.24) is 0 Å². The molecule has 0 amide bonds. The van der Waals surface area contributed by atoms with Crippen LogP contribution in [0.2, 0.25) is 58.9 Å². The summed E-state index contributed by atoms with van der Waals surface area (Å²) in [7, 11) is 4.88. The third-order valence-corrected chi connectivity index (χ3v) is 22.8. The molecule has 8 aromatic carbocycles. The minimum atomic E-state index is -1.22. The largest absolute Gasteiger partial charge is 0.345 e. The molecular formula is C76H104N4Si3. The summed E-state index contributed by atoms with van der Waals surface area (Å²) in [4.78, 5) is 8.98. The molecule has 1 saturated carbocycles. The Morgan fingerprint density at radius 2 is 0.578 bits per heavy atom. The number of aryl methyl sites for hydroxylation is 2. The minimum Gasteiger partial charge on any atom is -0.345 e. The van der Waals surface area contributed by atoms with Crippen LogP contribution in [0.4, 0.5) is 45.5 Å². The number of benzene rings is 8. The lowest BCUT2D eigenvalue weighted by molar-refractivity contribution is 0.443. The lowest BCUT2D eigenvalue weighted by Gasteiger charge is -2.24. The number of rotatable bonds is 13. The zero-order chi connectivity index (χ0) is 60.9. The van der Waals surface area contributed by atoms with E-state index >= 15 is 0 Å². The fourth-order valence-corrected chi connectivity index (χ4v) is 13.9. The van der Waals surface area contributed by atoms with E-state index in [-0.39, 0.29) is 5.41 Å². The average molecular weight is 1160 g/mol. The molecule has 440 valence electrons. The molecule has 1 fully saturated rings. The van der Waals surface area contributed by atoms with Gasteiger partial charge in [-0.2, -0.15) is 0 Å². The second-order valence-electron chi connectivity index (χ2n) is 27.8. The van der Waals surface area contributed by atoms with E-state index in [9.17, 15) is 0 Å². The maximum atomic E-state index is 2.40. The lowest BCUT2D eigenvalue weighted by atomic mass is 9.84. The number of hydrogen-bond donors (Lipinski definition) is 0. The van der Waals surface area contributed by atoms with Crippen LogP contribution < -0.4 is 35.2 Å². The van der Waals surface area contributed by atoms with Gasteiger partial charge in [0.25, 0.3) is 0 Å². The highest BCUT2D eigenvalue weighted by Crippen LogP contribution is 2.35. The van der Waals surface area contributed by atoms with Crippen molar-refractivity contribution < 1.29 is 0 Å². The van der Waals surface area contributed by atoms with E-state index in [0.717, 1.165) is 5.92 Å². The summed E-state index contributed by atoms with van der Waals surface area (Å²) in [5, 5.41) is 4.54. The quantitative estimate of drug-likeness (QED) is 0.107. The summed E-state index contributed by atoms with van der Waals surface area (Å²) in [5.41, 5.74) is 17.0. The third-order valence-electron chi connectivity index (χ3n) is 16.6. The van der Waals surface area contributed by atoms with Crippen molar-refractivity contribution in [2.75, 3.05) is 47.8 Å². The summed E-state index contributed by atoms with van der Waals surface area (Å²) < 4.78 is 0. The summed E-state index contributed by atoms with van der Waals surface area (Å²) in [5.74, 6) is 1.37. The molecule has 0 aliphatic heterocycles. The summed E-state index contributed by atoms with van der Waals surface area (Å²) in [6.45, 7) is 36.9. The van der Waals surface area contributed by atoms with Gasteiger partial charge in [0.1, 0.15) is 0 Å². The second-order valence-corrected chi connectivity index (χ2v) is 43.0. The maximum absolute atomic E-state index is 2.40. The van der Waals surface area contributed by atoms with Crippen molar-refractivity contribution in [3.63, 3.8) is 0 Å². The fourth-order valence-electron chi connectivity index (χ4n) is 10.4. The second kappa shape index (κ2) is 28.9. The van der Waals surface area contributed by atoms with Crippen molar-refractivity contribution in [3.05, 3.63) is 222 Å². The molecule has 1 aliphatic carbocycles. The molecule has 0 radical (unpaired) electrons. The first-order chi connectivity index (χ1) is 39.0. The van der Waals surface area contributed by atoms with Crippen LogP contribution in [-0.4, -0.2) is 52.4 Å². The van der Waals surface area contributed by atoms with Crippen LogP contribution in [0.25, 0.3) is 0 Å². The standard InChI is InChI=1S/C22H31NSi.C20H29NSi.C19H27NSi.C15H17N/c1-23(21-14-16-22(17-15-21)24(2,3)4)20-12-10-19(11-13-20)18-8-6-5-7-9-18;1-20(2,3)16-8-10-17(11-9-16)21(4)18-12-14-19(15-13-18)22(5,6)7;1-15(2)16-7-9-17(10-8-16)20(3)18-11-13-19(14-12-18)21(4,5)6;1-12-4-8-14(9-5-12)16(3)15-10-6-13(2)7-11-15/h10-18H,5-9H2,1-4H3;8-15H,1-7H3;7-15H,1-6H3;4-11H,1-3H3. The molecule has 0 N–H and O–H groups in total. The molecule has 0 unspecified atom stereocenters. The normalized spacial score (nSPS) is 12.9. The Morgan fingerprint density at radius 3 is 0.831 bits per heavy atom. The van der Waals surface area contributed by atoms with E-state index in [1.807, 2.05) is 0 Å². The Morgan fingerprint density at radius 1 is 0.337 bits per heavy atom. The number of anilines is 8. The van der Waals surface area contributed by atoms with E-state index < -0.39 is 24.2 Å². The molecule has 0 atom stereocenters. The molecule has 8 aromatic rings. The van der Waals surface area contributed by atoms with Gasteiger partial charge in [-0.1, -0.05) is 237 Å². The Bertz CT molecular complexity index is 3070. The highest BCUT2D eigenvalue weighted by Gasteiger charge is 2.20. The van der Waals surface area contributed by atoms with Crippen molar-refractivity contribution >= 4 is 85.3 Å². The van der Waals surface area contributed by atoms with Crippen molar-refractivity contribution in [1.29, 1.82) is 0 Å². The molecule has 0 saturated heterocycles. The summed E-state index contributed by atoms with van der Waals surface area (Å²) >= 11 is 0. The maximum Gasteiger partial charge on any atom is 0.0775 e. The van der Waals surface area contributed by atoms with Crippen LogP contribution in [0.5, 0.6) is 0 Å². The van der Waals surface area contributed by atoms with E-state index in [2.05, 4.69) is 349 Å². The average Bonchev–Trinajstić information content (AvgIpc) is 3.49. The topological polar surface area (TPSA) is 13.0 Å². The molecule has 0 bridgehead atoms. The van der Waals surface area contributed by atoms with E-state index in [1.54, 1.807) is 0 Å². The number of nitrogens with zero attached hydrogens (tertiary/aromatic N) is 4. The van der Waals surface area contributed by atoms with Gasteiger partial charge < -0.3 is 19.6 Å². The fraction of sp³-hybridized carbons (Fsp3) is 0.368. The monoisotopic (exact) mass is 1160 g/mol. The molecule has 7 heteroatoms. The van der Waals surface area contributed by atoms with Crippen LogP contribution in [0.3, 0.4) is 0 Å². The highest BCUT2D eigenvalue weighted by molar-refractivity contribution is 6.89. The van der Waals surface area contributed by atoms with Crippen LogP contribution in [0.1, 0.15) is 106 Å². The first-order valence-electron chi connectivity index (χ1n) is 30.7. The molecular weight excluding hydrogens is 1050 g/mol. The van der Waals surface area contributed by atoms with E-state index in [0.29, 0.717) is 5.92 Å². The van der Waals surface area contributed by atoms with Gasteiger partial charge in [-0.15, -0.1) is 0 Å². The SMILES string of the molecule is CC(C)c1ccc(N(C)c2ccc([Si](C)(C)C)cc2)cc1.CN(c1ccc(C(C)(C)C)cc1)c1ccc([Si](C)(C)C)cc1.CN(c1ccc(C2CCCCC2)cc1)c1ccc([Si](C)(C)C)cc1.Cc1ccc(N(C)c2ccc(C)cc2)cc1. The molecule has 1 aliphatic rings. The lowest BCUT2D eigenvalue weighted by Crippen LogP contribution is -2.37. The zero-order valence-electron chi connectivity index (χ0n) is 55.0. The zero-order valence-corrected chi connectivity index (χ0v) is 58.0. The molecule has 0 aromatic heterocycles. The minimum absolute atomic E-state index is 0.204. The Balaban J connectivity index is 0.000000179. The predicted octanol–water partition coefficient (Wildman–Crippen LogP) is 20.5. The van der Waals surface area contributed by atoms with Gasteiger partial charge in [-0.05, 0) is 158 Å². The van der Waals surface area contributed by atoms with Crippen molar-refractivity contribution in [2.24, 2.45) is 0 Å². The van der Waals surface area contributed by atoms with E-state index in [1.165, 1.54) is 121 Å². The van der Waals surface area contributed by atoms with Crippen LogP contribution in [-0.2, 0) is 5.41 Å². The molecule has 83 heavy (non-hydrogen) atoms. The summed E-state index contributed by atoms with van der Waals surface area (Å²) in [6.07, 6.45) is 6.96. The van der Waals surface area contributed by atoms with Crippen molar-refractivity contribution in [2.45, 2.75) is 157 Å². The van der Waals surface area contributed by atoms with Crippen LogP contribution in [0.15, 0.2) is 194 Å². The Kier molecular flexibility index (Phi) is 22.9. The predicted molar refractivity (Wildman–Crippen MR) is 381 cm³/mol.